The minimum absolute atomic E-state index is 0.0165. The van der Waals surface area contributed by atoms with Crippen molar-refractivity contribution in [2.75, 3.05) is 19.6 Å². The largest absolute Gasteiger partial charge is 0.369 e. The van der Waals surface area contributed by atoms with Crippen LogP contribution in [0, 0.1) is 5.92 Å². The maximum atomic E-state index is 12.1. The molecule has 1 aromatic heterocycles. The second-order valence-corrected chi connectivity index (χ2v) is 5.06. The molecule has 2 rings (SSSR count). The van der Waals surface area contributed by atoms with Crippen LogP contribution >= 0.6 is 0 Å². The van der Waals surface area contributed by atoms with Crippen molar-refractivity contribution in [3.8, 4) is 0 Å². The van der Waals surface area contributed by atoms with Crippen LogP contribution in [0.1, 0.15) is 18.5 Å². The van der Waals surface area contributed by atoms with Crippen molar-refractivity contribution in [1.82, 2.24) is 15.2 Å². The van der Waals surface area contributed by atoms with Gasteiger partial charge in [-0.3, -0.25) is 19.5 Å². The van der Waals surface area contributed by atoms with Gasteiger partial charge < -0.3 is 11.1 Å². The number of carbonyl (C=O) groups is 2. The highest BCUT2D eigenvalue weighted by Gasteiger charge is 2.25. The molecule has 2 amide bonds. The monoisotopic (exact) mass is 276 g/mol. The standard InChI is InChI=1S/C14H20N4O2/c15-13(19)10-18-7-4-11(5-8-18)14(20)17-9-12-3-1-2-6-16-12/h1-3,6,11H,4-5,7-10H2,(H2,15,19)(H,17,20). The van der Waals surface area contributed by atoms with Gasteiger partial charge in [0.15, 0.2) is 0 Å². The fraction of sp³-hybridized carbons (Fsp3) is 0.500. The Hall–Kier alpha value is -1.95. The summed E-state index contributed by atoms with van der Waals surface area (Å²) in [6, 6.07) is 5.63. The molecule has 1 aliphatic rings. The summed E-state index contributed by atoms with van der Waals surface area (Å²) in [5.74, 6) is -0.236. The van der Waals surface area contributed by atoms with Gasteiger partial charge in [-0.1, -0.05) is 6.07 Å². The average Bonchev–Trinajstić information content (AvgIpc) is 2.46. The number of nitrogens with zero attached hydrogens (tertiary/aromatic N) is 2. The SMILES string of the molecule is NC(=O)CN1CCC(C(=O)NCc2ccccn2)CC1. The van der Waals surface area contributed by atoms with E-state index in [1.807, 2.05) is 23.1 Å². The Bertz CT molecular complexity index is 456. The van der Waals surface area contributed by atoms with Gasteiger partial charge in [-0.25, -0.2) is 0 Å². The molecule has 6 heteroatoms. The molecule has 0 unspecified atom stereocenters. The Morgan fingerprint density at radius 1 is 1.35 bits per heavy atom. The molecule has 1 aliphatic heterocycles. The Morgan fingerprint density at radius 3 is 2.70 bits per heavy atom. The first-order chi connectivity index (χ1) is 9.65. The van der Waals surface area contributed by atoms with Crippen molar-refractivity contribution < 1.29 is 9.59 Å². The summed E-state index contributed by atoms with van der Waals surface area (Å²) in [6.45, 7) is 2.22. The number of rotatable bonds is 5. The number of likely N-dealkylation sites (tertiary alicyclic amines) is 1. The molecule has 0 aliphatic carbocycles. The first-order valence-corrected chi connectivity index (χ1v) is 6.83. The van der Waals surface area contributed by atoms with Crippen LogP contribution < -0.4 is 11.1 Å². The fourth-order valence-corrected chi connectivity index (χ4v) is 2.40. The summed E-state index contributed by atoms with van der Waals surface area (Å²) in [5, 5.41) is 2.91. The van der Waals surface area contributed by atoms with Gasteiger partial charge >= 0.3 is 0 Å². The summed E-state index contributed by atoms with van der Waals surface area (Å²) < 4.78 is 0. The van der Waals surface area contributed by atoms with E-state index >= 15 is 0 Å². The highest BCUT2D eigenvalue weighted by molar-refractivity contribution is 5.79. The number of nitrogens with two attached hydrogens (primary N) is 1. The topological polar surface area (TPSA) is 88.3 Å². The van der Waals surface area contributed by atoms with Crippen molar-refractivity contribution in [1.29, 1.82) is 0 Å². The number of amides is 2. The van der Waals surface area contributed by atoms with E-state index in [0.29, 0.717) is 6.54 Å². The third-order valence-corrected chi connectivity index (χ3v) is 3.51. The molecule has 108 valence electrons. The van der Waals surface area contributed by atoms with Crippen molar-refractivity contribution in [2.24, 2.45) is 11.7 Å². The molecule has 1 fully saturated rings. The molecular formula is C14H20N4O2. The van der Waals surface area contributed by atoms with Gasteiger partial charge in [0.1, 0.15) is 0 Å². The lowest BCUT2D eigenvalue weighted by Crippen LogP contribution is -2.43. The molecule has 0 saturated carbocycles. The highest BCUT2D eigenvalue weighted by Crippen LogP contribution is 2.17. The Balaban J connectivity index is 1.73. The molecule has 2 heterocycles. The van der Waals surface area contributed by atoms with E-state index in [9.17, 15) is 9.59 Å². The average molecular weight is 276 g/mol. The van der Waals surface area contributed by atoms with Crippen molar-refractivity contribution >= 4 is 11.8 Å². The van der Waals surface area contributed by atoms with E-state index in [1.165, 1.54) is 0 Å². The number of aromatic nitrogens is 1. The molecule has 0 atom stereocenters. The number of piperidine rings is 1. The van der Waals surface area contributed by atoms with E-state index in [1.54, 1.807) is 6.20 Å². The van der Waals surface area contributed by atoms with E-state index in [2.05, 4.69) is 10.3 Å². The molecule has 3 N–H and O–H groups in total. The summed E-state index contributed by atoms with van der Waals surface area (Å²) >= 11 is 0. The number of hydrogen-bond acceptors (Lipinski definition) is 4. The molecule has 6 nitrogen and oxygen atoms in total. The lowest BCUT2D eigenvalue weighted by Gasteiger charge is -2.30. The first kappa shape index (κ1) is 14.5. The van der Waals surface area contributed by atoms with Crippen LogP contribution in [0.5, 0.6) is 0 Å². The molecule has 1 saturated heterocycles. The zero-order valence-corrected chi connectivity index (χ0v) is 11.4. The van der Waals surface area contributed by atoms with Crippen molar-refractivity contribution in [2.45, 2.75) is 19.4 Å². The van der Waals surface area contributed by atoms with Gasteiger partial charge in [0.25, 0.3) is 0 Å². The molecule has 0 bridgehead atoms. The van der Waals surface area contributed by atoms with Crippen LogP contribution in [0.25, 0.3) is 0 Å². The summed E-state index contributed by atoms with van der Waals surface area (Å²) in [4.78, 5) is 29.0. The number of hydrogen-bond donors (Lipinski definition) is 2. The van der Waals surface area contributed by atoms with E-state index in [0.717, 1.165) is 31.6 Å². The smallest absolute Gasteiger partial charge is 0.231 e. The van der Waals surface area contributed by atoms with Gasteiger partial charge in [0.05, 0.1) is 18.8 Å². The van der Waals surface area contributed by atoms with Crippen LogP contribution in [0.2, 0.25) is 0 Å². The predicted molar refractivity (Wildman–Crippen MR) is 74.4 cm³/mol. The van der Waals surface area contributed by atoms with Gasteiger partial charge in [0, 0.05) is 12.1 Å². The summed E-state index contributed by atoms with van der Waals surface area (Å²) in [7, 11) is 0. The van der Waals surface area contributed by atoms with Crippen molar-refractivity contribution in [3.63, 3.8) is 0 Å². The van der Waals surface area contributed by atoms with Crippen LogP contribution in [0.3, 0.4) is 0 Å². The second-order valence-electron chi connectivity index (χ2n) is 5.06. The summed E-state index contributed by atoms with van der Waals surface area (Å²) in [6.07, 6.45) is 3.24. The van der Waals surface area contributed by atoms with E-state index < -0.39 is 0 Å². The Kier molecular flexibility index (Phi) is 5.06. The maximum Gasteiger partial charge on any atom is 0.231 e. The molecule has 0 aromatic carbocycles. The number of nitrogens with one attached hydrogen (secondary N) is 1. The van der Waals surface area contributed by atoms with Gasteiger partial charge in [0.2, 0.25) is 11.8 Å². The lowest BCUT2D eigenvalue weighted by atomic mass is 9.96. The number of primary amides is 1. The zero-order chi connectivity index (χ0) is 14.4. The number of carbonyl (C=O) groups excluding carboxylic acids is 2. The third-order valence-electron chi connectivity index (χ3n) is 3.51. The molecule has 20 heavy (non-hydrogen) atoms. The quantitative estimate of drug-likeness (QED) is 0.785. The second kappa shape index (κ2) is 7.00. The van der Waals surface area contributed by atoms with Crippen LogP contribution in [0.4, 0.5) is 0 Å². The molecule has 1 aromatic rings. The highest BCUT2D eigenvalue weighted by atomic mass is 16.2. The predicted octanol–water partition coefficient (Wildman–Crippen LogP) is -0.105. The third kappa shape index (κ3) is 4.31. The molecular weight excluding hydrogens is 256 g/mol. The Morgan fingerprint density at radius 2 is 2.10 bits per heavy atom. The maximum absolute atomic E-state index is 12.1. The fourth-order valence-electron chi connectivity index (χ4n) is 2.40. The summed E-state index contributed by atoms with van der Waals surface area (Å²) in [5.41, 5.74) is 6.02. The Labute approximate surface area is 118 Å². The van der Waals surface area contributed by atoms with E-state index in [-0.39, 0.29) is 24.3 Å². The van der Waals surface area contributed by atoms with Crippen LogP contribution in [-0.4, -0.2) is 41.3 Å². The first-order valence-electron chi connectivity index (χ1n) is 6.83. The van der Waals surface area contributed by atoms with Gasteiger partial charge in [-0.15, -0.1) is 0 Å². The van der Waals surface area contributed by atoms with Crippen LogP contribution in [-0.2, 0) is 16.1 Å². The van der Waals surface area contributed by atoms with Gasteiger partial charge in [-0.2, -0.15) is 0 Å². The normalized spacial score (nSPS) is 16.8. The van der Waals surface area contributed by atoms with Crippen molar-refractivity contribution in [3.05, 3.63) is 30.1 Å². The molecule has 0 radical (unpaired) electrons. The lowest BCUT2D eigenvalue weighted by molar-refractivity contribution is -0.126. The van der Waals surface area contributed by atoms with Crippen LogP contribution in [0.15, 0.2) is 24.4 Å². The number of pyridine rings is 1. The molecule has 0 spiro atoms. The van der Waals surface area contributed by atoms with Gasteiger partial charge in [-0.05, 0) is 38.1 Å². The zero-order valence-electron chi connectivity index (χ0n) is 11.4. The van der Waals surface area contributed by atoms with E-state index in [4.69, 9.17) is 5.73 Å². The minimum atomic E-state index is -0.317. The minimum Gasteiger partial charge on any atom is -0.369 e.